The van der Waals surface area contributed by atoms with Crippen molar-refractivity contribution in [3.05, 3.63) is 99.8 Å². The number of sulfonamides is 1. The Morgan fingerprint density at radius 3 is 2.14 bits per heavy atom. The third-order valence-corrected chi connectivity index (χ3v) is 7.21. The molecule has 196 valence electrons. The van der Waals surface area contributed by atoms with Crippen molar-refractivity contribution in [1.82, 2.24) is 10.2 Å². The number of carbonyl (C=O) groups excluding carboxylic acids is 2. The normalized spacial score (nSPS) is 12.0. The van der Waals surface area contributed by atoms with E-state index in [2.05, 4.69) is 5.32 Å². The van der Waals surface area contributed by atoms with Crippen LogP contribution >= 0.6 is 23.2 Å². The van der Waals surface area contributed by atoms with E-state index < -0.39 is 40.2 Å². The van der Waals surface area contributed by atoms with Gasteiger partial charge in [0.1, 0.15) is 18.4 Å². The van der Waals surface area contributed by atoms with E-state index in [9.17, 15) is 22.4 Å². The second-order valence-corrected chi connectivity index (χ2v) is 11.1. The summed E-state index contributed by atoms with van der Waals surface area (Å²) in [6, 6.07) is 18.0. The zero-order valence-corrected chi connectivity index (χ0v) is 22.5. The molecular weight excluding hydrogens is 540 g/mol. The predicted octanol–water partition coefficient (Wildman–Crippen LogP) is 4.28. The highest BCUT2D eigenvalue weighted by atomic mass is 35.5. The van der Waals surface area contributed by atoms with Gasteiger partial charge in [0, 0.05) is 35.6 Å². The van der Waals surface area contributed by atoms with Gasteiger partial charge in [-0.15, -0.1) is 0 Å². The highest BCUT2D eigenvalue weighted by molar-refractivity contribution is 7.92. The van der Waals surface area contributed by atoms with E-state index in [1.807, 2.05) is 6.07 Å². The highest BCUT2D eigenvalue weighted by Crippen LogP contribution is 2.27. The van der Waals surface area contributed by atoms with Gasteiger partial charge in [-0.05, 0) is 29.8 Å². The second kappa shape index (κ2) is 12.4. The Kier molecular flexibility index (Phi) is 9.53. The zero-order valence-electron chi connectivity index (χ0n) is 20.2. The van der Waals surface area contributed by atoms with Gasteiger partial charge in [0.25, 0.3) is 0 Å². The van der Waals surface area contributed by atoms with E-state index in [1.165, 1.54) is 48.3 Å². The van der Waals surface area contributed by atoms with E-state index in [0.29, 0.717) is 0 Å². The van der Waals surface area contributed by atoms with Crippen molar-refractivity contribution < 1.29 is 22.4 Å². The molecule has 0 bridgehead atoms. The van der Waals surface area contributed by atoms with Crippen LogP contribution in [-0.2, 0) is 32.6 Å². The molecule has 0 heterocycles. The number of hydrogen-bond acceptors (Lipinski definition) is 4. The molecule has 0 spiro atoms. The summed E-state index contributed by atoms with van der Waals surface area (Å²) in [7, 11) is -2.54. The Morgan fingerprint density at radius 1 is 0.973 bits per heavy atom. The molecule has 3 aromatic carbocycles. The fourth-order valence-electron chi connectivity index (χ4n) is 3.83. The van der Waals surface area contributed by atoms with E-state index in [0.717, 1.165) is 16.1 Å². The minimum Gasteiger partial charge on any atom is -0.357 e. The molecule has 0 saturated heterocycles. The molecule has 11 heteroatoms. The maximum Gasteiger partial charge on any atom is 0.244 e. The SMILES string of the molecule is CNC(=O)[C@@H](Cc1ccccc1)N(Cc1ccccc1F)C(=O)CN(c1cc(Cl)cc(Cl)c1)S(C)(=O)=O. The summed E-state index contributed by atoms with van der Waals surface area (Å²) < 4.78 is 40.9. The molecule has 1 N–H and O–H groups in total. The van der Waals surface area contributed by atoms with Gasteiger partial charge in [-0.3, -0.25) is 13.9 Å². The Hall–Kier alpha value is -3.14. The van der Waals surface area contributed by atoms with Crippen molar-refractivity contribution in [1.29, 1.82) is 0 Å². The number of halogens is 3. The fraction of sp³-hybridized carbons (Fsp3) is 0.231. The van der Waals surface area contributed by atoms with E-state index in [-0.39, 0.29) is 34.3 Å². The summed E-state index contributed by atoms with van der Waals surface area (Å²) in [4.78, 5) is 28.0. The van der Waals surface area contributed by atoms with Crippen LogP contribution in [0.15, 0.2) is 72.8 Å². The van der Waals surface area contributed by atoms with Crippen LogP contribution in [0, 0.1) is 5.82 Å². The van der Waals surface area contributed by atoms with Gasteiger partial charge in [0.15, 0.2) is 0 Å². The van der Waals surface area contributed by atoms with Gasteiger partial charge in [0.2, 0.25) is 21.8 Å². The molecule has 0 aliphatic carbocycles. The van der Waals surface area contributed by atoms with Crippen LogP contribution in [0.1, 0.15) is 11.1 Å². The predicted molar refractivity (Wildman–Crippen MR) is 144 cm³/mol. The number of carbonyl (C=O) groups is 2. The maximum atomic E-state index is 14.6. The molecule has 0 unspecified atom stereocenters. The average Bonchev–Trinajstić information content (AvgIpc) is 2.84. The molecule has 2 amide bonds. The summed E-state index contributed by atoms with van der Waals surface area (Å²) in [6.07, 6.45) is 1.07. The lowest BCUT2D eigenvalue weighted by atomic mass is 10.0. The molecule has 0 aromatic heterocycles. The van der Waals surface area contributed by atoms with Gasteiger partial charge >= 0.3 is 0 Å². The minimum absolute atomic E-state index is 0.0822. The van der Waals surface area contributed by atoms with Crippen LogP contribution in [0.5, 0.6) is 0 Å². The quantitative estimate of drug-likeness (QED) is 0.397. The number of benzene rings is 3. The molecule has 0 radical (unpaired) electrons. The van der Waals surface area contributed by atoms with Crippen molar-refractivity contribution in [3.63, 3.8) is 0 Å². The summed E-state index contributed by atoms with van der Waals surface area (Å²) >= 11 is 12.1. The zero-order chi connectivity index (χ0) is 27.2. The number of rotatable bonds is 10. The number of nitrogens with zero attached hydrogens (tertiary/aromatic N) is 2. The number of hydrogen-bond donors (Lipinski definition) is 1. The van der Waals surface area contributed by atoms with Crippen LogP contribution in [0.4, 0.5) is 10.1 Å². The number of nitrogens with one attached hydrogen (secondary N) is 1. The van der Waals surface area contributed by atoms with Crippen LogP contribution in [-0.4, -0.2) is 51.0 Å². The van der Waals surface area contributed by atoms with E-state index in [4.69, 9.17) is 23.2 Å². The van der Waals surface area contributed by atoms with Crippen LogP contribution < -0.4 is 9.62 Å². The van der Waals surface area contributed by atoms with Gasteiger partial charge in [-0.1, -0.05) is 71.7 Å². The molecule has 7 nitrogen and oxygen atoms in total. The van der Waals surface area contributed by atoms with Crippen LogP contribution in [0.25, 0.3) is 0 Å². The molecule has 0 saturated carbocycles. The van der Waals surface area contributed by atoms with Crippen LogP contribution in [0.3, 0.4) is 0 Å². The first-order chi connectivity index (χ1) is 17.5. The van der Waals surface area contributed by atoms with Crippen molar-refractivity contribution in [2.24, 2.45) is 0 Å². The second-order valence-electron chi connectivity index (χ2n) is 8.33. The van der Waals surface area contributed by atoms with Crippen molar-refractivity contribution in [2.45, 2.75) is 19.0 Å². The average molecular weight is 566 g/mol. The van der Waals surface area contributed by atoms with E-state index in [1.54, 1.807) is 30.3 Å². The Balaban J connectivity index is 2.06. The van der Waals surface area contributed by atoms with E-state index >= 15 is 0 Å². The van der Waals surface area contributed by atoms with Crippen molar-refractivity contribution in [3.8, 4) is 0 Å². The third kappa shape index (κ3) is 7.67. The van der Waals surface area contributed by atoms with Crippen molar-refractivity contribution in [2.75, 3.05) is 24.2 Å². The van der Waals surface area contributed by atoms with Crippen molar-refractivity contribution >= 4 is 50.7 Å². The molecule has 0 aliphatic heterocycles. The standard InChI is InChI=1S/C26H26Cl2FN3O4S/c1-30-26(34)24(12-18-8-4-3-5-9-18)31(16-19-10-6-7-11-23(19)29)25(33)17-32(37(2,35)36)22-14-20(27)13-21(28)15-22/h3-11,13-15,24H,12,16-17H2,1-2H3,(H,30,34)/t24-/m1/s1. The Labute approximate surface area is 225 Å². The monoisotopic (exact) mass is 565 g/mol. The molecule has 0 aliphatic rings. The van der Waals surface area contributed by atoms with Crippen LogP contribution in [0.2, 0.25) is 10.0 Å². The summed E-state index contributed by atoms with van der Waals surface area (Å²) in [5.41, 5.74) is 1.03. The Bertz CT molecular complexity index is 1350. The number of amides is 2. The molecule has 3 aromatic rings. The van der Waals surface area contributed by atoms with Gasteiger partial charge in [-0.25, -0.2) is 12.8 Å². The smallest absolute Gasteiger partial charge is 0.244 e. The first kappa shape index (κ1) is 28.4. The summed E-state index contributed by atoms with van der Waals surface area (Å²) in [5.74, 6) is -1.75. The fourth-order valence-corrected chi connectivity index (χ4v) is 5.18. The number of likely N-dealkylation sites (N-methyl/N-ethyl adjacent to an activating group) is 1. The molecule has 1 atom stereocenters. The minimum atomic E-state index is -3.98. The summed E-state index contributed by atoms with van der Waals surface area (Å²) in [5, 5.41) is 2.92. The lowest BCUT2D eigenvalue weighted by molar-refractivity contribution is -0.139. The number of anilines is 1. The summed E-state index contributed by atoms with van der Waals surface area (Å²) in [6.45, 7) is -0.920. The maximum absolute atomic E-state index is 14.6. The molecule has 37 heavy (non-hydrogen) atoms. The third-order valence-electron chi connectivity index (χ3n) is 5.63. The van der Waals surface area contributed by atoms with Gasteiger partial charge in [0.05, 0.1) is 11.9 Å². The highest BCUT2D eigenvalue weighted by Gasteiger charge is 2.33. The lowest BCUT2D eigenvalue weighted by Crippen LogP contribution is -2.53. The largest absolute Gasteiger partial charge is 0.357 e. The first-order valence-electron chi connectivity index (χ1n) is 11.2. The molecule has 0 fully saturated rings. The first-order valence-corrected chi connectivity index (χ1v) is 13.8. The molecular formula is C26H26Cl2FN3O4S. The Morgan fingerprint density at radius 2 is 1.57 bits per heavy atom. The van der Waals surface area contributed by atoms with Gasteiger partial charge in [-0.2, -0.15) is 0 Å². The lowest BCUT2D eigenvalue weighted by Gasteiger charge is -2.33. The van der Waals surface area contributed by atoms with Gasteiger partial charge < -0.3 is 10.2 Å². The molecule has 3 rings (SSSR count). The topological polar surface area (TPSA) is 86.8 Å².